The maximum atomic E-state index is 8.14. The fourth-order valence-corrected chi connectivity index (χ4v) is 2.08. The van der Waals surface area contributed by atoms with Crippen molar-refractivity contribution >= 4 is 28.9 Å². The predicted molar refractivity (Wildman–Crippen MR) is 43.0 cm³/mol. The first-order valence-electron chi connectivity index (χ1n) is 2.81. The van der Waals surface area contributed by atoms with Gasteiger partial charge in [-0.3, -0.25) is 0 Å². The van der Waals surface area contributed by atoms with E-state index < -0.39 is 6.69 Å². The van der Waals surface area contributed by atoms with Gasteiger partial charge in [0.05, 0.1) is 6.07 Å². The van der Waals surface area contributed by atoms with E-state index in [1.165, 1.54) is 0 Å². The molecular weight excluding hydrogens is 173 g/mol. The van der Waals surface area contributed by atoms with Crippen LogP contribution in [0.25, 0.3) is 0 Å². The third-order valence-corrected chi connectivity index (χ3v) is 3.27. The van der Waals surface area contributed by atoms with Crippen molar-refractivity contribution in [2.75, 3.05) is 0 Å². The van der Waals surface area contributed by atoms with Crippen LogP contribution in [0.5, 0.6) is 0 Å². The van der Waals surface area contributed by atoms with Crippen LogP contribution >= 0.6 is 22.2 Å². The molecule has 0 radical (unpaired) electrons. The lowest BCUT2D eigenvalue weighted by Gasteiger charge is -2.06. The van der Waals surface area contributed by atoms with Gasteiger partial charge in [-0.2, -0.15) is 5.26 Å². The molecule has 0 aliphatic heterocycles. The lowest BCUT2D eigenvalue weighted by Crippen LogP contribution is -2.11. The summed E-state index contributed by atoms with van der Waals surface area (Å²) in [7, 11) is 0. The molecule has 0 saturated carbocycles. The number of nitrogens with zero attached hydrogens (tertiary/aromatic N) is 1. The molecule has 0 aliphatic carbocycles. The van der Waals surface area contributed by atoms with Crippen LogP contribution in [-0.4, -0.2) is 6.69 Å². The quantitative estimate of drug-likeness (QED) is 0.374. The van der Waals surface area contributed by atoms with Gasteiger partial charge in [0.15, 0.2) is 0 Å². The average Bonchev–Trinajstić information content (AvgIpc) is 1.63. The summed E-state index contributed by atoms with van der Waals surface area (Å²) in [5.74, 6) is 0. The molecule has 0 aliphatic rings. The zero-order valence-corrected chi connectivity index (χ0v) is 7.84. The third-order valence-electron chi connectivity index (χ3n) is 0.904. The van der Waals surface area contributed by atoms with Gasteiger partial charge in [-0.1, -0.05) is 0 Å². The van der Waals surface area contributed by atoms with Crippen LogP contribution in [0.3, 0.4) is 0 Å². The summed E-state index contributed by atoms with van der Waals surface area (Å²) >= 11 is 11.5. The van der Waals surface area contributed by atoms with Crippen molar-refractivity contribution < 1.29 is 0 Å². The van der Waals surface area contributed by atoms with Crippen molar-refractivity contribution in [3.63, 3.8) is 0 Å². The topological polar surface area (TPSA) is 23.8 Å². The maximum Gasteiger partial charge on any atom is 0.248 e. The van der Waals surface area contributed by atoms with Gasteiger partial charge >= 0.3 is 0 Å². The molecule has 9 heavy (non-hydrogen) atoms. The summed E-state index contributed by atoms with van der Waals surface area (Å²) in [6.45, 7) is -0.0326. The molecular formula is C5H9Cl2NSi. The highest BCUT2D eigenvalue weighted by molar-refractivity contribution is 7.44. The van der Waals surface area contributed by atoms with E-state index in [0.29, 0.717) is 6.42 Å². The monoisotopic (exact) mass is 181 g/mol. The number of unbranched alkanes of at least 4 members (excludes halogenated alkanes) is 1. The van der Waals surface area contributed by atoms with E-state index in [4.69, 9.17) is 27.4 Å². The third kappa shape index (κ3) is 8.29. The molecule has 0 aromatic rings. The first kappa shape index (κ1) is 9.29. The number of hydrogen-bond acceptors (Lipinski definition) is 1. The van der Waals surface area contributed by atoms with Gasteiger partial charge in [0.2, 0.25) is 6.69 Å². The van der Waals surface area contributed by atoms with E-state index in [9.17, 15) is 0 Å². The molecule has 0 aromatic heterocycles. The Kier molecular flexibility index (Phi) is 4.29. The van der Waals surface area contributed by atoms with E-state index in [1.807, 2.05) is 12.6 Å². The Morgan fingerprint density at radius 3 is 2.44 bits per heavy atom. The SMILES string of the molecule is C[Si](Cl)(Cl)CCCC#N. The van der Waals surface area contributed by atoms with Gasteiger partial charge in [0, 0.05) is 6.42 Å². The molecule has 4 heteroatoms. The molecule has 0 atom stereocenters. The zero-order chi connectivity index (χ0) is 7.33. The highest BCUT2D eigenvalue weighted by Gasteiger charge is 2.19. The largest absolute Gasteiger partial charge is 0.248 e. The van der Waals surface area contributed by atoms with Crippen LogP contribution in [0.15, 0.2) is 0 Å². The molecule has 0 N–H and O–H groups in total. The van der Waals surface area contributed by atoms with Crippen LogP contribution in [0.4, 0.5) is 0 Å². The Labute approximate surface area is 66.0 Å². The molecule has 0 saturated heterocycles. The van der Waals surface area contributed by atoms with Crippen molar-refractivity contribution in [2.45, 2.75) is 25.4 Å². The van der Waals surface area contributed by atoms with Crippen molar-refractivity contribution in [2.24, 2.45) is 0 Å². The van der Waals surface area contributed by atoms with Crippen LogP contribution in [0.1, 0.15) is 12.8 Å². The minimum absolute atomic E-state index is 0.571. The first-order chi connectivity index (χ1) is 4.06. The molecule has 0 heterocycles. The Balaban J connectivity index is 3.20. The van der Waals surface area contributed by atoms with E-state index in [1.54, 1.807) is 0 Å². The van der Waals surface area contributed by atoms with Gasteiger partial charge in [0.1, 0.15) is 0 Å². The Morgan fingerprint density at radius 1 is 1.56 bits per heavy atom. The molecule has 0 spiro atoms. The second-order valence-corrected chi connectivity index (χ2v) is 10.3. The highest BCUT2D eigenvalue weighted by Crippen LogP contribution is 2.21. The molecule has 52 valence electrons. The standard InChI is InChI=1S/C5H9Cl2NSi/c1-9(6,7)5-3-2-4-8/h2-3,5H2,1H3. The summed E-state index contributed by atoms with van der Waals surface area (Å²) in [6.07, 6.45) is 1.41. The van der Waals surface area contributed by atoms with Crippen molar-refractivity contribution in [1.29, 1.82) is 5.26 Å². The fourth-order valence-electron chi connectivity index (χ4n) is 0.478. The van der Waals surface area contributed by atoms with E-state index >= 15 is 0 Å². The summed E-state index contributed by atoms with van der Waals surface area (Å²) in [4.78, 5) is 0. The second kappa shape index (κ2) is 4.16. The summed E-state index contributed by atoms with van der Waals surface area (Å²) < 4.78 is 0. The molecule has 0 bridgehead atoms. The molecule has 0 unspecified atom stereocenters. The predicted octanol–water partition coefficient (Wildman–Crippen LogP) is 2.84. The van der Waals surface area contributed by atoms with Crippen molar-refractivity contribution in [1.82, 2.24) is 0 Å². The van der Waals surface area contributed by atoms with Crippen LogP contribution < -0.4 is 0 Å². The lowest BCUT2D eigenvalue weighted by atomic mass is 10.4. The molecule has 0 fully saturated rings. The average molecular weight is 182 g/mol. The minimum Gasteiger partial charge on any atom is -0.198 e. The van der Waals surface area contributed by atoms with Crippen LogP contribution in [0, 0.1) is 11.3 Å². The number of halogens is 2. The van der Waals surface area contributed by atoms with Crippen LogP contribution in [-0.2, 0) is 0 Å². The molecule has 0 rings (SSSR count). The number of nitriles is 1. The Morgan fingerprint density at radius 2 is 2.11 bits per heavy atom. The lowest BCUT2D eigenvalue weighted by molar-refractivity contribution is 0.956. The van der Waals surface area contributed by atoms with Gasteiger partial charge in [0.25, 0.3) is 0 Å². The fraction of sp³-hybridized carbons (Fsp3) is 0.800. The zero-order valence-electron chi connectivity index (χ0n) is 5.32. The van der Waals surface area contributed by atoms with Crippen LogP contribution in [0.2, 0.25) is 12.6 Å². The highest BCUT2D eigenvalue weighted by atomic mass is 35.7. The first-order valence-corrected chi connectivity index (χ1v) is 7.54. The number of hydrogen-bond donors (Lipinski definition) is 0. The van der Waals surface area contributed by atoms with E-state index in [-0.39, 0.29) is 0 Å². The summed E-state index contributed by atoms with van der Waals surface area (Å²) in [5, 5.41) is 8.14. The van der Waals surface area contributed by atoms with Crippen molar-refractivity contribution in [3.8, 4) is 6.07 Å². The Bertz CT molecular complexity index is 113. The molecule has 1 nitrogen and oxygen atoms in total. The van der Waals surface area contributed by atoms with Gasteiger partial charge in [-0.15, -0.1) is 22.2 Å². The normalized spacial score (nSPS) is 10.9. The minimum atomic E-state index is -1.90. The summed E-state index contributed by atoms with van der Waals surface area (Å²) in [6, 6.07) is 2.87. The van der Waals surface area contributed by atoms with E-state index in [0.717, 1.165) is 12.5 Å². The van der Waals surface area contributed by atoms with Gasteiger partial charge in [-0.25, -0.2) is 0 Å². The van der Waals surface area contributed by atoms with E-state index in [2.05, 4.69) is 0 Å². The van der Waals surface area contributed by atoms with Crippen molar-refractivity contribution in [3.05, 3.63) is 0 Å². The second-order valence-electron chi connectivity index (χ2n) is 2.08. The smallest absolute Gasteiger partial charge is 0.198 e. The maximum absolute atomic E-state index is 8.14. The van der Waals surface area contributed by atoms with Gasteiger partial charge < -0.3 is 0 Å². The summed E-state index contributed by atoms with van der Waals surface area (Å²) in [5.41, 5.74) is 0. The Hall–Kier alpha value is 0.287. The van der Waals surface area contributed by atoms with Gasteiger partial charge in [-0.05, 0) is 19.0 Å². The number of rotatable bonds is 3. The molecule has 0 aromatic carbocycles. The molecule has 0 amide bonds.